The number of benzene rings is 1. The lowest BCUT2D eigenvalue weighted by Gasteiger charge is -2.07. The van der Waals surface area contributed by atoms with Gasteiger partial charge in [-0.3, -0.25) is 9.59 Å². The normalized spacial score (nSPS) is 14.1. The lowest BCUT2D eigenvalue weighted by Crippen LogP contribution is -2.14. The first-order valence-corrected chi connectivity index (χ1v) is 7.08. The van der Waals surface area contributed by atoms with E-state index in [9.17, 15) is 9.59 Å². The molecule has 0 saturated heterocycles. The fraction of sp³-hybridized carbons (Fsp3) is 0.385. The molecule has 0 radical (unpaired) electrons. The van der Waals surface area contributed by atoms with Gasteiger partial charge in [-0.1, -0.05) is 15.9 Å². The van der Waals surface area contributed by atoms with E-state index in [1.54, 1.807) is 24.3 Å². The van der Waals surface area contributed by atoms with Gasteiger partial charge in [0.05, 0.1) is 0 Å². The minimum absolute atomic E-state index is 0.0263. The van der Waals surface area contributed by atoms with Crippen LogP contribution in [0.1, 0.15) is 19.3 Å². The highest BCUT2D eigenvalue weighted by Gasteiger charge is 2.29. The van der Waals surface area contributed by atoms with Crippen molar-refractivity contribution in [3.63, 3.8) is 0 Å². The molecule has 0 unspecified atom stereocenters. The first-order valence-electron chi connectivity index (χ1n) is 5.96. The average molecular weight is 311 g/mol. The van der Waals surface area contributed by atoms with Gasteiger partial charge >= 0.3 is 0 Å². The van der Waals surface area contributed by atoms with Crippen LogP contribution in [0, 0.1) is 5.92 Å². The van der Waals surface area contributed by atoms with Crippen molar-refractivity contribution in [1.29, 1.82) is 0 Å². The second-order valence-electron chi connectivity index (χ2n) is 4.33. The van der Waals surface area contributed by atoms with Crippen molar-refractivity contribution in [2.24, 2.45) is 5.92 Å². The zero-order valence-corrected chi connectivity index (χ0v) is 11.5. The summed E-state index contributed by atoms with van der Waals surface area (Å²) in [4.78, 5) is 22.9. The maximum atomic E-state index is 11.5. The molecule has 1 saturated carbocycles. The van der Waals surface area contributed by atoms with E-state index < -0.39 is 0 Å². The monoisotopic (exact) mass is 310 g/mol. The SMILES string of the molecule is O=C(CCBr)Nc1ccc(NC(=O)C2CC2)cc1. The standard InChI is InChI=1S/C13H15BrN2O2/c14-8-7-12(17)15-10-3-5-11(6-4-10)16-13(18)9-1-2-9/h3-6,9H,1-2,7-8H2,(H,15,17)(H,16,18). The van der Waals surface area contributed by atoms with Gasteiger partial charge in [-0.25, -0.2) is 0 Å². The average Bonchev–Trinajstić information content (AvgIpc) is 3.16. The van der Waals surface area contributed by atoms with Crippen molar-refractivity contribution in [3.8, 4) is 0 Å². The van der Waals surface area contributed by atoms with Crippen molar-refractivity contribution < 1.29 is 9.59 Å². The van der Waals surface area contributed by atoms with Gasteiger partial charge in [-0.15, -0.1) is 0 Å². The minimum atomic E-state index is -0.0263. The van der Waals surface area contributed by atoms with Crippen LogP contribution in [0.25, 0.3) is 0 Å². The molecule has 1 aliphatic rings. The third-order valence-electron chi connectivity index (χ3n) is 2.71. The highest BCUT2D eigenvalue weighted by molar-refractivity contribution is 9.09. The number of alkyl halides is 1. The molecule has 0 aliphatic heterocycles. The second-order valence-corrected chi connectivity index (χ2v) is 5.12. The van der Waals surface area contributed by atoms with Crippen molar-refractivity contribution in [2.45, 2.75) is 19.3 Å². The molecule has 96 valence electrons. The Morgan fingerprint density at radius 2 is 1.67 bits per heavy atom. The Morgan fingerprint density at radius 1 is 1.11 bits per heavy atom. The Kier molecular flexibility index (Phi) is 4.36. The van der Waals surface area contributed by atoms with Gasteiger partial charge in [0, 0.05) is 29.0 Å². The van der Waals surface area contributed by atoms with Crippen LogP contribution in [0.4, 0.5) is 11.4 Å². The summed E-state index contributed by atoms with van der Waals surface area (Å²) < 4.78 is 0. The maximum Gasteiger partial charge on any atom is 0.227 e. The number of carbonyl (C=O) groups excluding carboxylic acids is 2. The van der Waals surface area contributed by atoms with Gasteiger partial charge in [0.2, 0.25) is 11.8 Å². The van der Waals surface area contributed by atoms with Gasteiger partial charge in [-0.2, -0.15) is 0 Å². The Balaban J connectivity index is 1.88. The van der Waals surface area contributed by atoms with Gasteiger partial charge in [0.25, 0.3) is 0 Å². The summed E-state index contributed by atoms with van der Waals surface area (Å²) in [5, 5.41) is 6.27. The van der Waals surface area contributed by atoms with Crippen LogP contribution in [-0.4, -0.2) is 17.1 Å². The summed E-state index contributed by atoms with van der Waals surface area (Å²) in [7, 11) is 0. The van der Waals surface area contributed by atoms with Crippen LogP contribution in [0.15, 0.2) is 24.3 Å². The van der Waals surface area contributed by atoms with Crippen molar-refractivity contribution in [3.05, 3.63) is 24.3 Å². The number of anilines is 2. The molecule has 2 rings (SSSR count). The van der Waals surface area contributed by atoms with Crippen molar-refractivity contribution in [1.82, 2.24) is 0 Å². The van der Waals surface area contributed by atoms with Crippen molar-refractivity contribution >= 4 is 39.1 Å². The van der Waals surface area contributed by atoms with Gasteiger partial charge < -0.3 is 10.6 Å². The molecule has 0 spiro atoms. The highest BCUT2D eigenvalue weighted by Crippen LogP contribution is 2.30. The molecule has 1 aromatic carbocycles. The molecular formula is C13H15BrN2O2. The number of hydrogen-bond acceptors (Lipinski definition) is 2. The van der Waals surface area contributed by atoms with Crippen molar-refractivity contribution in [2.75, 3.05) is 16.0 Å². The number of halogens is 1. The molecule has 0 bridgehead atoms. The van der Waals surface area contributed by atoms with Gasteiger partial charge in [0.15, 0.2) is 0 Å². The van der Waals surface area contributed by atoms with E-state index >= 15 is 0 Å². The molecule has 5 heteroatoms. The quantitative estimate of drug-likeness (QED) is 0.822. The molecule has 0 atom stereocenters. The molecule has 1 aromatic rings. The zero-order chi connectivity index (χ0) is 13.0. The van der Waals surface area contributed by atoms with E-state index in [1.165, 1.54) is 0 Å². The van der Waals surface area contributed by atoms with Crippen LogP contribution in [-0.2, 0) is 9.59 Å². The van der Waals surface area contributed by atoms with E-state index in [0.29, 0.717) is 11.8 Å². The van der Waals surface area contributed by atoms with E-state index in [-0.39, 0.29) is 17.7 Å². The summed E-state index contributed by atoms with van der Waals surface area (Å²) in [6, 6.07) is 7.16. The number of hydrogen-bond donors (Lipinski definition) is 2. The van der Waals surface area contributed by atoms with Gasteiger partial charge in [0.1, 0.15) is 0 Å². The van der Waals surface area contributed by atoms with E-state index in [1.807, 2.05) is 0 Å². The molecule has 0 aromatic heterocycles. The first-order chi connectivity index (χ1) is 8.69. The van der Waals surface area contributed by atoms with Crippen LogP contribution < -0.4 is 10.6 Å². The Labute approximate surface area is 114 Å². The highest BCUT2D eigenvalue weighted by atomic mass is 79.9. The molecule has 1 fully saturated rings. The number of rotatable bonds is 5. The lowest BCUT2D eigenvalue weighted by molar-refractivity contribution is -0.117. The van der Waals surface area contributed by atoms with E-state index in [0.717, 1.165) is 24.2 Å². The molecule has 2 amide bonds. The molecule has 18 heavy (non-hydrogen) atoms. The Hall–Kier alpha value is -1.36. The summed E-state index contributed by atoms with van der Waals surface area (Å²) in [6.07, 6.45) is 2.43. The fourth-order valence-corrected chi connectivity index (χ4v) is 1.90. The molecular weight excluding hydrogens is 296 g/mol. The Morgan fingerprint density at radius 3 is 2.17 bits per heavy atom. The predicted octanol–water partition coefficient (Wildman–Crippen LogP) is 2.76. The minimum Gasteiger partial charge on any atom is -0.326 e. The number of amides is 2. The number of nitrogens with one attached hydrogen (secondary N) is 2. The molecule has 2 N–H and O–H groups in total. The summed E-state index contributed by atoms with van der Waals surface area (Å²) in [5.41, 5.74) is 1.51. The largest absolute Gasteiger partial charge is 0.326 e. The maximum absolute atomic E-state index is 11.5. The van der Waals surface area contributed by atoms with E-state index in [2.05, 4.69) is 26.6 Å². The van der Waals surface area contributed by atoms with Crippen LogP contribution in [0.2, 0.25) is 0 Å². The third kappa shape index (κ3) is 3.84. The van der Waals surface area contributed by atoms with Gasteiger partial charge in [-0.05, 0) is 37.1 Å². The van der Waals surface area contributed by atoms with Crippen LogP contribution >= 0.6 is 15.9 Å². The molecule has 0 heterocycles. The summed E-state index contributed by atoms with van der Waals surface area (Å²) in [5.74, 6) is 0.260. The molecule has 4 nitrogen and oxygen atoms in total. The Bertz CT molecular complexity index is 441. The van der Waals surface area contributed by atoms with Crippen LogP contribution in [0.5, 0.6) is 0 Å². The second kappa shape index (κ2) is 6.00. The zero-order valence-electron chi connectivity index (χ0n) is 9.91. The topological polar surface area (TPSA) is 58.2 Å². The molecule has 1 aliphatic carbocycles. The summed E-state index contributed by atoms with van der Waals surface area (Å²) in [6.45, 7) is 0. The van der Waals surface area contributed by atoms with Crippen LogP contribution in [0.3, 0.4) is 0 Å². The van der Waals surface area contributed by atoms with E-state index in [4.69, 9.17) is 0 Å². The smallest absolute Gasteiger partial charge is 0.227 e. The lowest BCUT2D eigenvalue weighted by atomic mass is 10.2. The third-order valence-corrected chi connectivity index (χ3v) is 3.10. The number of carbonyl (C=O) groups is 2. The summed E-state index contributed by atoms with van der Waals surface area (Å²) >= 11 is 3.21. The predicted molar refractivity (Wildman–Crippen MR) is 74.8 cm³/mol. The fourth-order valence-electron chi connectivity index (χ4n) is 1.54. The first kappa shape index (κ1) is 13.1.